The van der Waals surface area contributed by atoms with Crippen LogP contribution in [-0.2, 0) is 20.9 Å². The van der Waals surface area contributed by atoms with E-state index in [-0.39, 0.29) is 93.4 Å². The third-order valence-electron chi connectivity index (χ3n) is 14.0. The number of H-pyrrole nitrogens is 2. The summed E-state index contributed by atoms with van der Waals surface area (Å²) in [6.07, 6.45) is 7.81. The Labute approximate surface area is 526 Å². The number of hydrogen-bond donors (Lipinski definition) is 3. The first-order valence-electron chi connectivity index (χ1n) is 27.2. The summed E-state index contributed by atoms with van der Waals surface area (Å²) in [5.74, 6) is 1.71. The van der Waals surface area contributed by atoms with Crippen molar-refractivity contribution in [1.29, 1.82) is 0 Å². The zero-order valence-electron chi connectivity index (χ0n) is 46.2. The molecule has 0 amide bonds. The van der Waals surface area contributed by atoms with Gasteiger partial charge in [0.05, 0.1) is 14.2 Å². The van der Waals surface area contributed by atoms with Gasteiger partial charge in [0.1, 0.15) is 24.0 Å². The van der Waals surface area contributed by atoms with Crippen LogP contribution in [0.1, 0.15) is 156 Å². The Morgan fingerprint density at radius 3 is 1.12 bits per heavy atom. The number of methoxy groups -OCH3 is 2. The second-order valence-electron chi connectivity index (χ2n) is 21.4. The second kappa shape index (κ2) is 33.7. The summed E-state index contributed by atoms with van der Waals surface area (Å²) in [5, 5.41) is 36.3. The average molecular weight is 1230 g/mol. The van der Waals surface area contributed by atoms with Gasteiger partial charge in [-0.25, -0.2) is 29.3 Å². The first kappa shape index (κ1) is 74.0. The fraction of sp³-hybridized carbons (Fsp3) is 0.348. The topological polar surface area (TPSA) is 241 Å². The van der Waals surface area contributed by atoms with Crippen molar-refractivity contribution < 1.29 is 47.9 Å². The molecule has 3 N–H and O–H groups in total. The lowest BCUT2D eigenvalue weighted by Gasteiger charge is -2.15. The summed E-state index contributed by atoms with van der Waals surface area (Å²) in [6.45, 7) is 7.57. The summed E-state index contributed by atoms with van der Waals surface area (Å²) in [4.78, 5) is 35.0. The van der Waals surface area contributed by atoms with E-state index in [9.17, 15) is 14.4 Å². The lowest BCUT2D eigenvalue weighted by Crippen LogP contribution is -2.22. The quantitative estimate of drug-likeness (QED) is 0.0365. The van der Waals surface area contributed by atoms with E-state index in [4.69, 9.17) is 28.8 Å². The highest BCUT2D eigenvalue weighted by Gasteiger charge is 2.27. The summed E-state index contributed by atoms with van der Waals surface area (Å²) >= 11 is 0. The van der Waals surface area contributed by atoms with E-state index in [1.807, 2.05) is 60.7 Å². The maximum absolute atomic E-state index is 12.4. The van der Waals surface area contributed by atoms with E-state index >= 15 is 0 Å². The Kier molecular flexibility index (Phi) is 28.0. The van der Waals surface area contributed by atoms with Crippen LogP contribution in [0.3, 0.4) is 0 Å². The molecule has 3 aliphatic carbocycles. The number of aromatic nitrogens is 9. The van der Waals surface area contributed by atoms with Gasteiger partial charge >= 0.3 is 17.9 Å². The van der Waals surface area contributed by atoms with Crippen LogP contribution in [0.15, 0.2) is 146 Å². The first-order chi connectivity index (χ1) is 39.8. The van der Waals surface area contributed by atoms with Crippen molar-refractivity contribution in [2.75, 3.05) is 20.8 Å². The molecule has 0 radical (unpaired) electrons. The number of rotatable bonds is 20. The molecule has 0 spiro atoms. The van der Waals surface area contributed by atoms with E-state index in [1.165, 1.54) is 74.1 Å². The molecule has 0 atom stereocenters. The van der Waals surface area contributed by atoms with Crippen molar-refractivity contribution in [2.45, 2.75) is 141 Å². The predicted octanol–water partition coefficient (Wildman–Crippen LogP) is 17.9. The van der Waals surface area contributed by atoms with E-state index in [1.54, 1.807) is 12.1 Å². The number of aromatic carboxylic acids is 1. The van der Waals surface area contributed by atoms with Crippen LogP contribution >= 0.6 is 0 Å². The molecule has 12 rings (SSSR count). The maximum Gasteiger partial charge on any atom is 0.362 e. The van der Waals surface area contributed by atoms with Crippen molar-refractivity contribution in [3.05, 3.63) is 179 Å². The summed E-state index contributed by atoms with van der Waals surface area (Å²) in [6, 6.07) is 49.8. The van der Waals surface area contributed by atoms with Gasteiger partial charge in [0.25, 0.3) is 17.6 Å². The molecule has 3 aromatic heterocycles. The van der Waals surface area contributed by atoms with Crippen molar-refractivity contribution in [2.24, 2.45) is 0 Å². The van der Waals surface area contributed by atoms with Crippen LogP contribution < -0.4 is 14.2 Å². The summed E-state index contributed by atoms with van der Waals surface area (Å²) in [7, 11) is 1.40. The lowest BCUT2D eigenvalue weighted by molar-refractivity contribution is 0.0511. The molecule has 0 saturated heterocycles. The first-order valence-corrected chi connectivity index (χ1v) is 30.9. The van der Waals surface area contributed by atoms with E-state index in [0.29, 0.717) is 23.9 Å². The zero-order valence-corrected chi connectivity index (χ0v) is 47.2. The molecule has 9 aromatic rings. The van der Waals surface area contributed by atoms with Crippen molar-refractivity contribution in [3.63, 3.8) is 0 Å². The van der Waals surface area contributed by atoms with Crippen LogP contribution in [0.4, 0.5) is 0 Å². The van der Waals surface area contributed by atoms with Gasteiger partial charge in [-0.3, -0.25) is 0 Å². The highest BCUT2D eigenvalue weighted by molar-refractivity contribution is 6.76. The number of nitrogens with zero attached hydrogens (tertiary/aromatic N) is 7. The fourth-order valence-corrected chi connectivity index (χ4v) is 9.56. The Balaban J connectivity index is 0.000000340. The number of carbonyl (C=O) groups is 3. The molecule has 20 heteroatoms. The molecule has 3 heterocycles. The van der Waals surface area contributed by atoms with Gasteiger partial charge < -0.3 is 33.5 Å². The van der Waals surface area contributed by atoms with Gasteiger partial charge in [-0.2, -0.15) is 0 Å². The fourth-order valence-electron chi connectivity index (χ4n) is 8.80. The van der Waals surface area contributed by atoms with Gasteiger partial charge in [-0.15, -0.1) is 0 Å². The number of carboxylic acid groups (broad SMARTS) is 1. The second-order valence-corrected chi connectivity index (χ2v) is 27.1. The number of hydrogen-bond acceptors (Lipinski definition) is 15. The SMILES string of the molecule is C.C.C.C.C.C.C.COC(=O)c1[nH]nnc1Oc1ccc(-c2ccc(C3CC3)cc2)cc1.COC(=O)c1c(Oc2ccc(-c3ccc(C4CC4)cc3)cc2)nnn1COCC[Si](C)(C)C.O=C(O)c1[nH]nnc1Oc1ccc(-c2ccc(C3CC3)cc2)cc1. The van der Waals surface area contributed by atoms with Crippen LogP contribution in [-0.4, -0.2) is 97.7 Å². The Hall–Kier alpha value is -9.27. The minimum absolute atomic E-state index is 0. The molecule has 19 nitrogen and oxygen atoms in total. The van der Waals surface area contributed by atoms with Gasteiger partial charge in [0.15, 0.2) is 0 Å². The Bertz CT molecular complexity index is 3590. The van der Waals surface area contributed by atoms with Crippen molar-refractivity contribution in [1.82, 2.24) is 45.8 Å². The molecule has 0 bridgehead atoms. The molecule has 3 fully saturated rings. The predicted molar refractivity (Wildman–Crippen MR) is 355 cm³/mol. The highest BCUT2D eigenvalue weighted by Crippen LogP contribution is 2.43. The number of nitrogens with one attached hydrogen (secondary N) is 2. The zero-order chi connectivity index (χ0) is 57.2. The van der Waals surface area contributed by atoms with Crippen LogP contribution in [0, 0.1) is 0 Å². The number of esters is 2. The lowest BCUT2D eigenvalue weighted by atomic mass is 10.0. The Morgan fingerprint density at radius 1 is 0.472 bits per heavy atom. The Morgan fingerprint density at radius 2 is 0.798 bits per heavy atom. The van der Waals surface area contributed by atoms with E-state index in [2.05, 4.69) is 138 Å². The van der Waals surface area contributed by atoms with Gasteiger partial charge in [0.2, 0.25) is 17.1 Å². The minimum atomic E-state index is -1.20. The maximum atomic E-state index is 12.4. The van der Waals surface area contributed by atoms with E-state index < -0.39 is 26.0 Å². The molecule has 0 aliphatic heterocycles. The smallest absolute Gasteiger partial charge is 0.362 e. The highest BCUT2D eigenvalue weighted by atomic mass is 28.3. The largest absolute Gasteiger partial charge is 0.476 e. The minimum Gasteiger partial charge on any atom is -0.476 e. The number of ether oxygens (including phenoxy) is 6. The van der Waals surface area contributed by atoms with Crippen LogP contribution in [0.5, 0.6) is 34.9 Å². The average Bonchev–Trinajstić information content (AvgIpc) is 3.98. The molecule has 89 heavy (non-hydrogen) atoms. The molecular formula is C69H91N9O10Si. The van der Waals surface area contributed by atoms with Crippen molar-refractivity contribution >= 4 is 26.0 Å². The van der Waals surface area contributed by atoms with E-state index in [0.717, 1.165) is 57.2 Å². The number of carbonyl (C=O) groups excluding carboxylic acids is 2. The van der Waals surface area contributed by atoms with Crippen LogP contribution in [0.25, 0.3) is 33.4 Å². The molecular weight excluding hydrogens is 1140 g/mol. The van der Waals surface area contributed by atoms with Gasteiger partial charge in [0, 0.05) is 14.7 Å². The molecule has 476 valence electrons. The third-order valence-corrected chi connectivity index (χ3v) is 15.7. The standard InChI is InChI=1S/C25H31N3O4Si.C19H17N3O3.C18H15N3O3.7CH4/c1-30-25(29)23-24(26-27-28(23)17-31-15-16-33(2,3)4)32-22-13-11-21(12-14-22)20-9-7-19(8-10-20)18-5-6-18;1-24-19(23)17-18(21-22-20-17)25-16-10-8-15(9-11-16)14-6-4-13(5-7-14)12-2-3-12;22-18(23)16-17(20-21-19-16)24-15-9-7-14(8-10-15)13-5-3-12(4-6-13)11-1-2-11;;;;;;;/h7-14,18H,5-6,15-17H2,1-4H3;4-12H,2-3H2,1H3,(H,20,21,22);3-11H,1-2H2,(H,22,23)(H,19,20,21);7*1H4. The number of carboxylic acids is 1. The van der Waals surface area contributed by atoms with Gasteiger partial charge in [-0.05, 0) is 149 Å². The molecule has 3 aliphatic rings. The number of aromatic amines is 2. The number of benzene rings is 6. The monoisotopic (exact) mass is 1230 g/mol. The summed E-state index contributed by atoms with van der Waals surface area (Å²) < 4.78 is 33.6. The summed E-state index contributed by atoms with van der Waals surface area (Å²) in [5.41, 5.74) is 11.0. The molecule has 0 unspecified atom stereocenters. The molecule has 3 saturated carbocycles. The van der Waals surface area contributed by atoms with Gasteiger partial charge in [-0.1, -0.05) is 212 Å². The normalized spacial score (nSPS) is 12.6. The molecule has 6 aromatic carbocycles. The van der Waals surface area contributed by atoms with Crippen molar-refractivity contribution in [3.8, 4) is 68.3 Å². The van der Waals surface area contributed by atoms with Crippen LogP contribution in [0.2, 0.25) is 25.7 Å². The third kappa shape index (κ3) is 19.9.